The molecule has 4 aromatic rings. The summed E-state index contributed by atoms with van der Waals surface area (Å²) in [6.45, 7) is 0.320. The van der Waals surface area contributed by atoms with Crippen molar-refractivity contribution in [3.05, 3.63) is 62.9 Å². The van der Waals surface area contributed by atoms with Gasteiger partial charge in [0.05, 0.1) is 15.7 Å². The fraction of sp³-hybridized carbons (Fsp3) is 0.0588. The van der Waals surface area contributed by atoms with Crippen molar-refractivity contribution in [2.24, 2.45) is 0 Å². The maximum absolute atomic E-state index is 6.17. The molecular formula is C17H11Cl2N5OS2. The molecule has 0 aliphatic carbocycles. The number of aromatic nitrogens is 4. The monoisotopic (exact) mass is 435 g/mol. The molecule has 2 aromatic carbocycles. The van der Waals surface area contributed by atoms with Gasteiger partial charge in [0.15, 0.2) is 5.01 Å². The Balaban J connectivity index is 1.37. The molecule has 0 atom stereocenters. The second-order valence-electron chi connectivity index (χ2n) is 5.33. The van der Waals surface area contributed by atoms with Crippen LogP contribution >= 0.6 is 46.1 Å². The second kappa shape index (κ2) is 8.18. The van der Waals surface area contributed by atoms with Crippen molar-refractivity contribution in [1.29, 1.82) is 0 Å². The highest BCUT2D eigenvalue weighted by Crippen LogP contribution is 2.32. The van der Waals surface area contributed by atoms with Crippen molar-refractivity contribution in [2.75, 3.05) is 5.32 Å². The van der Waals surface area contributed by atoms with Gasteiger partial charge in [-0.3, -0.25) is 0 Å². The number of anilines is 2. The quantitative estimate of drug-likeness (QED) is 0.419. The Labute approximate surface area is 172 Å². The van der Waals surface area contributed by atoms with Gasteiger partial charge in [0, 0.05) is 10.9 Å². The van der Waals surface area contributed by atoms with E-state index in [2.05, 4.69) is 25.1 Å². The van der Waals surface area contributed by atoms with Gasteiger partial charge in [-0.05, 0) is 47.9 Å². The standard InChI is InChI=1S/C17H11Cl2N5OS2/c18-12-2-1-3-13(16(12)19)20-17-23-22-15(27-17)8-25-11-6-4-10(5-7-11)14-9-26-24-21-14/h1-7,9H,8H2,(H,20,23). The molecule has 6 nitrogen and oxygen atoms in total. The zero-order chi connectivity index (χ0) is 18.6. The molecule has 0 aliphatic rings. The fourth-order valence-corrected chi connectivity index (χ4v) is 3.71. The zero-order valence-corrected chi connectivity index (χ0v) is 16.7. The minimum Gasteiger partial charge on any atom is -0.486 e. The molecule has 0 spiro atoms. The number of nitrogens with one attached hydrogen (secondary N) is 1. The predicted molar refractivity (Wildman–Crippen MR) is 109 cm³/mol. The number of hydrogen-bond donors (Lipinski definition) is 1. The van der Waals surface area contributed by atoms with Crippen LogP contribution in [0.1, 0.15) is 5.01 Å². The Kier molecular flexibility index (Phi) is 5.49. The highest BCUT2D eigenvalue weighted by Gasteiger charge is 2.09. The number of nitrogens with zero attached hydrogens (tertiary/aromatic N) is 4. The summed E-state index contributed by atoms with van der Waals surface area (Å²) in [5.41, 5.74) is 2.53. The highest BCUT2D eigenvalue weighted by molar-refractivity contribution is 7.15. The summed E-state index contributed by atoms with van der Waals surface area (Å²) in [6.07, 6.45) is 0. The first-order valence-corrected chi connectivity index (χ1v) is 10.1. The molecule has 10 heteroatoms. The van der Waals surface area contributed by atoms with E-state index in [0.29, 0.717) is 27.5 Å². The summed E-state index contributed by atoms with van der Waals surface area (Å²) in [5, 5.41) is 19.6. The number of halogens is 2. The Morgan fingerprint density at radius 2 is 1.85 bits per heavy atom. The van der Waals surface area contributed by atoms with Crippen LogP contribution in [0.15, 0.2) is 47.8 Å². The SMILES string of the molecule is Clc1cccc(Nc2nnc(COc3ccc(-c4csnn4)cc3)s2)c1Cl. The Morgan fingerprint density at radius 3 is 2.63 bits per heavy atom. The molecular weight excluding hydrogens is 425 g/mol. The van der Waals surface area contributed by atoms with Crippen molar-refractivity contribution >= 4 is 56.9 Å². The van der Waals surface area contributed by atoms with Gasteiger partial charge >= 0.3 is 0 Å². The van der Waals surface area contributed by atoms with Gasteiger partial charge in [0.2, 0.25) is 5.13 Å². The minimum absolute atomic E-state index is 0.320. The minimum atomic E-state index is 0.320. The Bertz CT molecular complexity index is 1040. The first kappa shape index (κ1) is 18.1. The van der Waals surface area contributed by atoms with Crippen molar-refractivity contribution < 1.29 is 4.74 Å². The summed E-state index contributed by atoms with van der Waals surface area (Å²) in [7, 11) is 0. The zero-order valence-electron chi connectivity index (χ0n) is 13.6. The Hall–Kier alpha value is -2.26. The average molecular weight is 436 g/mol. The van der Waals surface area contributed by atoms with Crippen molar-refractivity contribution in [1.82, 2.24) is 19.8 Å². The third kappa shape index (κ3) is 4.36. The molecule has 0 saturated heterocycles. The largest absolute Gasteiger partial charge is 0.486 e. The summed E-state index contributed by atoms with van der Waals surface area (Å²) in [4.78, 5) is 0. The van der Waals surface area contributed by atoms with Gasteiger partial charge in [-0.2, -0.15) is 0 Å². The van der Waals surface area contributed by atoms with E-state index in [0.717, 1.165) is 22.0 Å². The molecule has 0 fully saturated rings. The van der Waals surface area contributed by atoms with Gasteiger partial charge < -0.3 is 10.1 Å². The molecule has 4 rings (SSSR count). The van der Waals surface area contributed by atoms with Crippen LogP contribution in [-0.4, -0.2) is 19.8 Å². The van der Waals surface area contributed by atoms with Crippen LogP contribution in [0, 0.1) is 0 Å². The van der Waals surface area contributed by atoms with E-state index in [1.54, 1.807) is 6.07 Å². The molecule has 0 bridgehead atoms. The van der Waals surface area contributed by atoms with Gasteiger partial charge in [-0.15, -0.1) is 15.3 Å². The van der Waals surface area contributed by atoms with Crippen molar-refractivity contribution in [3.8, 4) is 17.0 Å². The lowest BCUT2D eigenvalue weighted by atomic mass is 10.2. The third-order valence-corrected chi connectivity index (χ3v) is 5.67. The molecule has 0 amide bonds. The summed E-state index contributed by atoms with van der Waals surface area (Å²) in [5.74, 6) is 0.740. The lowest BCUT2D eigenvalue weighted by Gasteiger charge is -2.05. The van der Waals surface area contributed by atoms with Crippen LogP contribution in [0.3, 0.4) is 0 Å². The average Bonchev–Trinajstić information content (AvgIpc) is 3.36. The molecule has 0 aliphatic heterocycles. The first-order chi connectivity index (χ1) is 13.2. The summed E-state index contributed by atoms with van der Waals surface area (Å²) >= 11 is 14.9. The number of ether oxygens (including phenoxy) is 1. The lowest BCUT2D eigenvalue weighted by molar-refractivity contribution is 0.304. The van der Waals surface area contributed by atoms with Crippen molar-refractivity contribution in [2.45, 2.75) is 6.61 Å². The van der Waals surface area contributed by atoms with Gasteiger partial charge in [-0.25, -0.2) is 0 Å². The molecule has 136 valence electrons. The molecule has 1 N–H and O–H groups in total. The Morgan fingerprint density at radius 1 is 1.00 bits per heavy atom. The maximum Gasteiger partial charge on any atom is 0.210 e. The van der Waals surface area contributed by atoms with Crippen LogP contribution in [0.4, 0.5) is 10.8 Å². The lowest BCUT2D eigenvalue weighted by Crippen LogP contribution is -1.94. The van der Waals surface area contributed by atoms with E-state index in [4.69, 9.17) is 27.9 Å². The van der Waals surface area contributed by atoms with E-state index in [9.17, 15) is 0 Å². The molecule has 0 unspecified atom stereocenters. The van der Waals surface area contributed by atoms with E-state index in [1.165, 1.54) is 22.9 Å². The van der Waals surface area contributed by atoms with E-state index in [-0.39, 0.29) is 0 Å². The molecule has 0 radical (unpaired) electrons. The normalized spacial score (nSPS) is 10.7. The van der Waals surface area contributed by atoms with Crippen LogP contribution < -0.4 is 10.1 Å². The maximum atomic E-state index is 6.17. The summed E-state index contributed by atoms with van der Waals surface area (Å²) in [6, 6.07) is 13.0. The topological polar surface area (TPSA) is 72.8 Å². The fourth-order valence-electron chi connectivity index (χ4n) is 2.24. The summed E-state index contributed by atoms with van der Waals surface area (Å²) < 4.78 is 9.63. The van der Waals surface area contributed by atoms with Gasteiger partial charge in [0.25, 0.3) is 0 Å². The third-order valence-electron chi connectivity index (χ3n) is 3.53. The second-order valence-corrected chi connectivity index (χ2v) is 7.79. The smallest absolute Gasteiger partial charge is 0.210 e. The number of benzene rings is 2. The van der Waals surface area contributed by atoms with Gasteiger partial charge in [0.1, 0.15) is 18.1 Å². The van der Waals surface area contributed by atoms with E-state index < -0.39 is 0 Å². The van der Waals surface area contributed by atoms with Crippen LogP contribution in [0.2, 0.25) is 10.0 Å². The van der Waals surface area contributed by atoms with Crippen LogP contribution in [0.25, 0.3) is 11.3 Å². The predicted octanol–water partition coefficient (Wildman–Crippen LogP) is 5.69. The van der Waals surface area contributed by atoms with Crippen LogP contribution in [0.5, 0.6) is 5.75 Å². The molecule has 0 saturated carbocycles. The number of rotatable bonds is 6. The molecule has 2 aromatic heterocycles. The molecule has 2 heterocycles. The first-order valence-electron chi connectivity index (χ1n) is 7.73. The van der Waals surface area contributed by atoms with Crippen molar-refractivity contribution in [3.63, 3.8) is 0 Å². The van der Waals surface area contributed by atoms with E-state index in [1.807, 2.05) is 41.8 Å². The van der Waals surface area contributed by atoms with E-state index >= 15 is 0 Å². The number of hydrogen-bond acceptors (Lipinski definition) is 8. The highest BCUT2D eigenvalue weighted by atomic mass is 35.5. The van der Waals surface area contributed by atoms with Gasteiger partial charge in [-0.1, -0.05) is 45.1 Å². The molecule has 27 heavy (non-hydrogen) atoms. The van der Waals surface area contributed by atoms with Crippen LogP contribution in [-0.2, 0) is 6.61 Å².